The molecule has 0 aromatic heterocycles. The van der Waals surface area contributed by atoms with Crippen LogP contribution in [0.25, 0.3) is 0 Å². The van der Waals surface area contributed by atoms with Gasteiger partial charge in [-0.1, -0.05) is 25.3 Å². The molecule has 0 unspecified atom stereocenters. The Morgan fingerprint density at radius 1 is 1.19 bits per heavy atom. The molecule has 1 heterocycles. The van der Waals surface area contributed by atoms with Crippen molar-refractivity contribution in [3.63, 3.8) is 0 Å². The average molecular weight is 379 g/mol. The number of aryl methyl sites for hydroxylation is 1. The molecule has 1 aliphatic heterocycles. The number of benzene rings is 1. The third-order valence-corrected chi connectivity index (χ3v) is 5.62. The van der Waals surface area contributed by atoms with E-state index in [4.69, 9.17) is 5.26 Å². The molecule has 0 aliphatic carbocycles. The molecule has 0 atom stereocenters. The Kier molecular flexibility index (Phi) is 6.03. The van der Waals surface area contributed by atoms with E-state index in [-0.39, 0.29) is 16.9 Å². The quantitative estimate of drug-likeness (QED) is 0.599. The first-order chi connectivity index (χ1) is 12.1. The molecule has 8 heteroatoms. The molecular formula is C18H25N3O4S. The predicted molar refractivity (Wildman–Crippen MR) is 99.5 cm³/mol. The van der Waals surface area contributed by atoms with Crippen LogP contribution in [0.5, 0.6) is 5.75 Å². The van der Waals surface area contributed by atoms with Crippen LogP contribution in [-0.4, -0.2) is 18.6 Å². The number of phenols is 1. The van der Waals surface area contributed by atoms with E-state index in [1.807, 2.05) is 18.6 Å². The van der Waals surface area contributed by atoms with Crippen molar-refractivity contribution in [3.05, 3.63) is 35.8 Å². The summed E-state index contributed by atoms with van der Waals surface area (Å²) >= 11 is 0. The number of unbranched alkanes of at least 4 members (excludes halogenated alkanes) is 3. The first kappa shape index (κ1) is 19.9. The fraction of sp³-hybridized carbons (Fsp3) is 0.500. The van der Waals surface area contributed by atoms with Gasteiger partial charge in [-0.2, -0.15) is 13.7 Å². The van der Waals surface area contributed by atoms with Gasteiger partial charge >= 0.3 is 10.2 Å². The molecule has 0 fully saturated rings. The van der Waals surface area contributed by atoms with Gasteiger partial charge in [0, 0.05) is 0 Å². The standard InChI is InChI=1S/C18H25N3O4S/c1-18(2,13-19)10-6-4-3-5-7-14-8-9-16(22)15(11-14)21-12-17(23)20-26(21,24)25/h8-9,11-12,20,22-23H,3-7,10H2,1-2H3. The number of rotatable bonds is 8. The third-order valence-electron chi connectivity index (χ3n) is 4.33. The van der Waals surface area contributed by atoms with E-state index in [2.05, 4.69) is 6.07 Å². The highest BCUT2D eigenvalue weighted by atomic mass is 32.2. The molecule has 142 valence electrons. The first-order valence-electron chi connectivity index (χ1n) is 8.61. The Labute approximate surface area is 154 Å². The van der Waals surface area contributed by atoms with Gasteiger partial charge in [0.15, 0.2) is 0 Å². The number of hydrogen-bond acceptors (Lipinski definition) is 5. The van der Waals surface area contributed by atoms with E-state index in [1.54, 1.807) is 12.1 Å². The topological polar surface area (TPSA) is 114 Å². The van der Waals surface area contributed by atoms with Gasteiger partial charge in [0.1, 0.15) is 11.4 Å². The summed E-state index contributed by atoms with van der Waals surface area (Å²) in [4.78, 5) is 0. The molecule has 7 nitrogen and oxygen atoms in total. The summed E-state index contributed by atoms with van der Waals surface area (Å²) in [6.07, 6.45) is 6.64. The van der Waals surface area contributed by atoms with Crippen molar-refractivity contribution in [3.8, 4) is 11.8 Å². The minimum atomic E-state index is -3.92. The number of hydrogen-bond donors (Lipinski definition) is 3. The van der Waals surface area contributed by atoms with Crippen molar-refractivity contribution in [2.75, 3.05) is 4.31 Å². The smallest absolute Gasteiger partial charge is 0.330 e. The molecule has 3 N–H and O–H groups in total. The normalized spacial score (nSPS) is 16.0. The van der Waals surface area contributed by atoms with Crippen LogP contribution in [0.1, 0.15) is 51.5 Å². The van der Waals surface area contributed by atoms with Crippen molar-refractivity contribution >= 4 is 15.9 Å². The first-order valence-corrected chi connectivity index (χ1v) is 10.0. The summed E-state index contributed by atoms with van der Waals surface area (Å²) < 4.78 is 26.7. The van der Waals surface area contributed by atoms with Gasteiger partial charge in [-0.05, 0) is 50.8 Å². The molecule has 1 aromatic rings. The molecule has 0 spiro atoms. The minimum absolute atomic E-state index is 0.106. The van der Waals surface area contributed by atoms with Gasteiger partial charge in [-0.3, -0.25) is 0 Å². The number of nitrogens with one attached hydrogen (secondary N) is 1. The highest BCUT2D eigenvalue weighted by Crippen LogP contribution is 2.33. The lowest BCUT2D eigenvalue weighted by Crippen LogP contribution is -2.29. The van der Waals surface area contributed by atoms with Gasteiger partial charge in [0.25, 0.3) is 0 Å². The maximum atomic E-state index is 11.9. The SMILES string of the molecule is CC(C)(C#N)CCCCCCc1ccc(O)c(N2C=C(O)NS2(=O)=O)c1. The summed E-state index contributed by atoms with van der Waals surface area (Å²) in [5, 5.41) is 28.4. The molecular weight excluding hydrogens is 354 g/mol. The molecule has 0 radical (unpaired) electrons. The minimum Gasteiger partial charge on any atom is -0.506 e. The van der Waals surface area contributed by atoms with E-state index in [0.717, 1.165) is 54.6 Å². The molecule has 0 bridgehead atoms. The second-order valence-electron chi connectivity index (χ2n) is 7.15. The number of anilines is 1. The van der Waals surface area contributed by atoms with Gasteiger partial charge in [0.05, 0.1) is 17.7 Å². The van der Waals surface area contributed by atoms with Crippen LogP contribution in [0.2, 0.25) is 0 Å². The molecule has 1 aliphatic rings. The van der Waals surface area contributed by atoms with Crippen LogP contribution in [-0.2, 0) is 16.6 Å². The van der Waals surface area contributed by atoms with Crippen LogP contribution in [0.3, 0.4) is 0 Å². The molecule has 0 saturated carbocycles. The van der Waals surface area contributed by atoms with E-state index < -0.39 is 16.1 Å². The maximum absolute atomic E-state index is 11.9. The van der Waals surface area contributed by atoms with E-state index >= 15 is 0 Å². The molecule has 2 rings (SSSR count). The Morgan fingerprint density at radius 3 is 2.50 bits per heavy atom. The Bertz CT molecular complexity index is 825. The van der Waals surface area contributed by atoms with Crippen LogP contribution in [0.15, 0.2) is 30.3 Å². The van der Waals surface area contributed by atoms with Crippen molar-refractivity contribution in [1.82, 2.24) is 4.72 Å². The lowest BCUT2D eigenvalue weighted by atomic mass is 9.88. The number of phenolic OH excluding ortho intramolecular Hbond substituents is 1. The number of nitrogens with zero attached hydrogens (tertiary/aromatic N) is 2. The van der Waals surface area contributed by atoms with Crippen molar-refractivity contribution in [1.29, 1.82) is 5.26 Å². The van der Waals surface area contributed by atoms with Crippen LogP contribution in [0.4, 0.5) is 5.69 Å². The van der Waals surface area contributed by atoms with E-state index in [0.29, 0.717) is 0 Å². The van der Waals surface area contributed by atoms with E-state index in [9.17, 15) is 18.6 Å². The number of aliphatic hydroxyl groups excluding tert-OH is 1. The average Bonchev–Trinajstić information content (AvgIpc) is 2.84. The second kappa shape index (κ2) is 7.87. The Morgan fingerprint density at radius 2 is 1.88 bits per heavy atom. The number of nitriles is 1. The summed E-state index contributed by atoms with van der Waals surface area (Å²) in [6, 6.07) is 7.13. The largest absolute Gasteiger partial charge is 0.506 e. The second-order valence-corrected chi connectivity index (χ2v) is 8.70. The molecule has 1 aromatic carbocycles. The van der Waals surface area contributed by atoms with Crippen LogP contribution < -0.4 is 9.03 Å². The molecule has 0 saturated heterocycles. The zero-order valence-electron chi connectivity index (χ0n) is 15.1. The summed E-state index contributed by atoms with van der Waals surface area (Å²) in [5.41, 5.74) is 0.736. The van der Waals surface area contributed by atoms with Crippen molar-refractivity contribution in [2.45, 2.75) is 52.4 Å². The third kappa shape index (κ3) is 5.05. The molecule has 0 amide bonds. The maximum Gasteiger partial charge on any atom is 0.330 e. The highest BCUT2D eigenvalue weighted by Gasteiger charge is 2.30. The van der Waals surface area contributed by atoms with Crippen LogP contribution >= 0.6 is 0 Å². The summed E-state index contributed by atoms with van der Waals surface area (Å²) in [7, 11) is -3.92. The lowest BCUT2D eigenvalue weighted by Gasteiger charge is -2.16. The van der Waals surface area contributed by atoms with Gasteiger partial charge in [-0.25, -0.2) is 9.03 Å². The van der Waals surface area contributed by atoms with Crippen molar-refractivity contribution < 1.29 is 18.6 Å². The fourth-order valence-electron chi connectivity index (χ4n) is 2.79. The lowest BCUT2D eigenvalue weighted by molar-refractivity contribution is 0.392. The summed E-state index contributed by atoms with van der Waals surface area (Å²) in [5.74, 6) is -0.668. The Hall–Kier alpha value is -2.40. The van der Waals surface area contributed by atoms with Crippen molar-refractivity contribution in [2.24, 2.45) is 5.41 Å². The van der Waals surface area contributed by atoms with E-state index in [1.165, 1.54) is 6.07 Å². The Balaban J connectivity index is 1.91. The zero-order valence-corrected chi connectivity index (χ0v) is 15.9. The van der Waals surface area contributed by atoms with Gasteiger partial charge in [-0.15, -0.1) is 0 Å². The zero-order chi connectivity index (χ0) is 19.4. The number of aromatic hydroxyl groups is 1. The summed E-state index contributed by atoms with van der Waals surface area (Å²) in [6.45, 7) is 3.89. The monoisotopic (exact) mass is 379 g/mol. The predicted octanol–water partition coefficient (Wildman–Crippen LogP) is 3.45. The van der Waals surface area contributed by atoms with Gasteiger partial charge in [0.2, 0.25) is 5.88 Å². The number of aliphatic hydroxyl groups is 1. The van der Waals surface area contributed by atoms with Crippen LogP contribution in [0, 0.1) is 16.7 Å². The molecule has 26 heavy (non-hydrogen) atoms. The van der Waals surface area contributed by atoms with Gasteiger partial charge < -0.3 is 10.2 Å². The highest BCUT2D eigenvalue weighted by molar-refractivity contribution is 7.91. The fourth-order valence-corrected chi connectivity index (χ4v) is 3.85.